The highest BCUT2D eigenvalue weighted by Crippen LogP contribution is 2.32. The van der Waals surface area contributed by atoms with Crippen LogP contribution in [0.5, 0.6) is 0 Å². The first-order valence-electron chi connectivity index (χ1n) is 4.63. The molecule has 0 bridgehead atoms. The third-order valence-corrected chi connectivity index (χ3v) is 3.07. The van der Waals surface area contributed by atoms with Crippen molar-refractivity contribution < 1.29 is 4.42 Å². The van der Waals surface area contributed by atoms with Gasteiger partial charge in [-0.25, -0.2) is 4.98 Å². The summed E-state index contributed by atoms with van der Waals surface area (Å²) in [6.45, 7) is 1.81. The zero-order valence-electron chi connectivity index (χ0n) is 8.38. The van der Waals surface area contributed by atoms with Crippen LogP contribution in [0.4, 0.5) is 0 Å². The van der Waals surface area contributed by atoms with Gasteiger partial charge in [-0.3, -0.25) is 0 Å². The molecule has 84 valence electrons. The van der Waals surface area contributed by atoms with Crippen LogP contribution in [0, 0.1) is 0 Å². The van der Waals surface area contributed by atoms with Crippen LogP contribution in [0.3, 0.4) is 0 Å². The highest BCUT2D eigenvalue weighted by molar-refractivity contribution is 9.10. The second-order valence-corrected chi connectivity index (χ2v) is 5.28. The molecule has 1 aromatic carbocycles. The van der Waals surface area contributed by atoms with Crippen LogP contribution in [0.15, 0.2) is 33.3 Å². The topological polar surface area (TPSA) is 26.0 Å². The van der Waals surface area contributed by atoms with Crippen molar-refractivity contribution >= 4 is 39.1 Å². The number of nitrogens with zero attached hydrogens (tertiary/aromatic N) is 1. The first kappa shape index (κ1) is 12.0. The molecule has 1 aromatic heterocycles. The summed E-state index contributed by atoms with van der Waals surface area (Å²) in [5.74, 6) is 1.11. The minimum atomic E-state index is -0.250. The summed E-state index contributed by atoms with van der Waals surface area (Å²) in [6, 6.07) is 5.55. The molecular formula is C11H8BrCl2NO. The van der Waals surface area contributed by atoms with Crippen molar-refractivity contribution in [3.63, 3.8) is 0 Å². The van der Waals surface area contributed by atoms with Gasteiger partial charge in [-0.15, -0.1) is 11.6 Å². The van der Waals surface area contributed by atoms with Gasteiger partial charge in [0.05, 0.1) is 11.2 Å². The third-order valence-electron chi connectivity index (χ3n) is 2.06. The molecule has 0 spiro atoms. The molecule has 0 radical (unpaired) electrons. The van der Waals surface area contributed by atoms with Gasteiger partial charge in [-0.05, 0) is 25.1 Å². The summed E-state index contributed by atoms with van der Waals surface area (Å²) in [7, 11) is 0. The number of rotatable bonds is 2. The minimum Gasteiger partial charge on any atom is -0.439 e. The van der Waals surface area contributed by atoms with Crippen molar-refractivity contribution in [1.29, 1.82) is 0 Å². The number of hydrogen-bond donors (Lipinski definition) is 0. The van der Waals surface area contributed by atoms with E-state index in [1.807, 2.05) is 12.1 Å². The molecule has 2 nitrogen and oxygen atoms in total. The largest absolute Gasteiger partial charge is 0.439 e. The lowest BCUT2D eigenvalue weighted by atomic mass is 10.2. The Morgan fingerprint density at radius 3 is 2.81 bits per heavy atom. The highest BCUT2D eigenvalue weighted by Gasteiger charge is 2.13. The fourth-order valence-corrected chi connectivity index (χ4v) is 1.96. The molecule has 0 fully saturated rings. The second kappa shape index (κ2) is 4.78. The molecule has 0 amide bonds. The maximum Gasteiger partial charge on any atom is 0.212 e. The van der Waals surface area contributed by atoms with E-state index in [1.165, 1.54) is 0 Å². The molecule has 0 saturated heterocycles. The Bertz CT molecular complexity index is 510. The van der Waals surface area contributed by atoms with E-state index in [2.05, 4.69) is 20.9 Å². The van der Waals surface area contributed by atoms with Crippen LogP contribution in [-0.2, 0) is 0 Å². The molecule has 0 aliphatic rings. The summed E-state index contributed by atoms with van der Waals surface area (Å²) >= 11 is 15.3. The maximum absolute atomic E-state index is 6.08. The molecule has 0 aliphatic heterocycles. The van der Waals surface area contributed by atoms with Gasteiger partial charge in [0.25, 0.3) is 0 Å². The van der Waals surface area contributed by atoms with Gasteiger partial charge in [-0.2, -0.15) is 0 Å². The molecule has 2 aromatic rings. The molecule has 2 rings (SSSR count). The zero-order valence-corrected chi connectivity index (χ0v) is 11.5. The van der Waals surface area contributed by atoms with E-state index in [-0.39, 0.29) is 5.38 Å². The lowest BCUT2D eigenvalue weighted by molar-refractivity contribution is 0.508. The molecule has 1 atom stereocenters. The van der Waals surface area contributed by atoms with Gasteiger partial charge >= 0.3 is 0 Å². The van der Waals surface area contributed by atoms with Crippen LogP contribution >= 0.6 is 39.1 Å². The maximum atomic E-state index is 6.08. The Balaban J connectivity index is 2.46. The smallest absolute Gasteiger partial charge is 0.212 e. The minimum absolute atomic E-state index is 0.250. The lowest BCUT2D eigenvalue weighted by Gasteiger charge is -2.01. The quantitative estimate of drug-likeness (QED) is 0.723. The summed E-state index contributed by atoms with van der Waals surface area (Å²) in [5.41, 5.74) is 0.798. The number of aromatic nitrogens is 1. The average molecular weight is 321 g/mol. The summed E-state index contributed by atoms with van der Waals surface area (Å²) in [6.07, 6.45) is 1.63. The fourth-order valence-electron chi connectivity index (χ4n) is 1.28. The van der Waals surface area contributed by atoms with Gasteiger partial charge in [-0.1, -0.05) is 27.5 Å². The number of oxazole rings is 1. The number of benzene rings is 1. The summed E-state index contributed by atoms with van der Waals surface area (Å²) < 4.78 is 6.45. The van der Waals surface area contributed by atoms with Crippen LogP contribution in [0.1, 0.15) is 18.2 Å². The predicted molar refractivity (Wildman–Crippen MR) is 68.9 cm³/mol. The number of halogens is 3. The van der Waals surface area contributed by atoms with Crippen molar-refractivity contribution in [2.24, 2.45) is 0 Å². The van der Waals surface area contributed by atoms with Crippen LogP contribution in [-0.4, -0.2) is 4.98 Å². The Kier molecular flexibility index (Phi) is 3.57. The molecule has 1 unspecified atom stereocenters. The summed E-state index contributed by atoms with van der Waals surface area (Å²) in [5, 5.41) is 0.368. The predicted octanol–water partition coefficient (Wildman–Crippen LogP) is 5.06. The first-order chi connectivity index (χ1) is 7.58. The van der Waals surface area contributed by atoms with E-state index in [4.69, 9.17) is 27.6 Å². The van der Waals surface area contributed by atoms with Crippen LogP contribution in [0.25, 0.3) is 11.3 Å². The standard InChI is InChI=1S/C11H8BrCl2NO/c1-6(13)11-15-5-10(16-11)8-4-7(12)2-3-9(8)14/h2-6H,1H3. The van der Waals surface area contributed by atoms with Crippen LogP contribution in [0.2, 0.25) is 5.02 Å². The molecule has 16 heavy (non-hydrogen) atoms. The van der Waals surface area contributed by atoms with Crippen molar-refractivity contribution in [2.75, 3.05) is 0 Å². The van der Waals surface area contributed by atoms with E-state index >= 15 is 0 Å². The molecular weight excluding hydrogens is 313 g/mol. The van der Waals surface area contributed by atoms with Gasteiger partial charge in [0.1, 0.15) is 5.38 Å². The van der Waals surface area contributed by atoms with E-state index in [1.54, 1.807) is 19.2 Å². The molecule has 1 heterocycles. The zero-order chi connectivity index (χ0) is 11.7. The Labute approximate surface area is 112 Å². The van der Waals surface area contributed by atoms with Gasteiger partial charge < -0.3 is 4.42 Å². The van der Waals surface area contributed by atoms with Crippen LogP contribution < -0.4 is 0 Å². The molecule has 0 N–H and O–H groups in total. The SMILES string of the molecule is CC(Cl)c1ncc(-c2cc(Br)ccc2Cl)o1. The Hall–Kier alpha value is -0.510. The van der Waals surface area contributed by atoms with Gasteiger partial charge in [0, 0.05) is 10.0 Å². The summed E-state index contributed by atoms with van der Waals surface area (Å²) in [4.78, 5) is 4.09. The molecule has 0 aliphatic carbocycles. The molecule has 0 saturated carbocycles. The Morgan fingerprint density at radius 1 is 1.44 bits per heavy atom. The number of alkyl halides is 1. The lowest BCUT2D eigenvalue weighted by Crippen LogP contribution is -1.81. The van der Waals surface area contributed by atoms with Gasteiger partial charge in [0.2, 0.25) is 5.89 Å². The number of hydrogen-bond acceptors (Lipinski definition) is 2. The third kappa shape index (κ3) is 2.42. The fraction of sp³-hybridized carbons (Fsp3) is 0.182. The van der Waals surface area contributed by atoms with E-state index < -0.39 is 0 Å². The van der Waals surface area contributed by atoms with Gasteiger partial charge in [0.15, 0.2) is 5.76 Å². The highest BCUT2D eigenvalue weighted by atomic mass is 79.9. The van der Waals surface area contributed by atoms with Crippen molar-refractivity contribution in [3.8, 4) is 11.3 Å². The van der Waals surface area contributed by atoms with E-state index in [9.17, 15) is 0 Å². The van der Waals surface area contributed by atoms with Crippen molar-refractivity contribution in [3.05, 3.63) is 39.8 Å². The van der Waals surface area contributed by atoms with E-state index in [0.29, 0.717) is 16.7 Å². The molecule has 5 heteroatoms. The normalized spacial score (nSPS) is 12.8. The first-order valence-corrected chi connectivity index (χ1v) is 6.24. The van der Waals surface area contributed by atoms with Crippen molar-refractivity contribution in [2.45, 2.75) is 12.3 Å². The van der Waals surface area contributed by atoms with Crippen molar-refractivity contribution in [1.82, 2.24) is 4.98 Å². The van der Waals surface area contributed by atoms with E-state index in [0.717, 1.165) is 10.0 Å². The Morgan fingerprint density at radius 2 is 2.19 bits per heavy atom. The monoisotopic (exact) mass is 319 g/mol. The second-order valence-electron chi connectivity index (χ2n) is 3.30. The average Bonchev–Trinajstić information content (AvgIpc) is 2.70.